The summed E-state index contributed by atoms with van der Waals surface area (Å²) in [5, 5.41) is 6.31. The van der Waals surface area contributed by atoms with E-state index in [9.17, 15) is 4.79 Å². The number of nitrogens with zero attached hydrogens (tertiary/aromatic N) is 1. The van der Waals surface area contributed by atoms with Gasteiger partial charge in [-0.15, -0.1) is 35.7 Å². The standard InChI is InChI=1S/C16H25N3O2S.HI/c1-5-17-16(18-9-8-15(20)21-3)19-11-13-7-6-12(2)10-14(13)22-4;/h6-7,10H,5,8-9,11H2,1-4H3,(H2,17,18,19);1H. The first-order valence-corrected chi connectivity index (χ1v) is 8.55. The van der Waals surface area contributed by atoms with Crippen LogP contribution in [0, 0.1) is 6.92 Å². The minimum atomic E-state index is -0.230. The van der Waals surface area contributed by atoms with Gasteiger partial charge in [-0.2, -0.15) is 0 Å². The van der Waals surface area contributed by atoms with E-state index in [1.165, 1.54) is 23.1 Å². The van der Waals surface area contributed by atoms with Gasteiger partial charge >= 0.3 is 5.97 Å². The number of benzene rings is 1. The zero-order valence-electron chi connectivity index (χ0n) is 14.1. The number of carbonyl (C=O) groups excluding carboxylic acids is 1. The smallest absolute Gasteiger partial charge is 0.307 e. The van der Waals surface area contributed by atoms with Crippen molar-refractivity contribution in [3.8, 4) is 0 Å². The molecule has 5 nitrogen and oxygen atoms in total. The number of esters is 1. The molecule has 0 heterocycles. The summed E-state index contributed by atoms with van der Waals surface area (Å²) in [6.45, 7) is 5.97. The van der Waals surface area contributed by atoms with Gasteiger partial charge < -0.3 is 15.4 Å². The van der Waals surface area contributed by atoms with Gasteiger partial charge in [-0.25, -0.2) is 4.99 Å². The van der Waals surface area contributed by atoms with Crippen LogP contribution in [0.25, 0.3) is 0 Å². The van der Waals surface area contributed by atoms with E-state index < -0.39 is 0 Å². The highest BCUT2D eigenvalue weighted by atomic mass is 127. The third-order valence-electron chi connectivity index (χ3n) is 3.04. The molecule has 1 aromatic carbocycles. The van der Waals surface area contributed by atoms with Crippen molar-refractivity contribution in [2.45, 2.75) is 31.7 Å². The summed E-state index contributed by atoms with van der Waals surface area (Å²) in [7, 11) is 1.39. The summed E-state index contributed by atoms with van der Waals surface area (Å²) < 4.78 is 4.62. The Morgan fingerprint density at radius 1 is 1.35 bits per heavy atom. The molecule has 0 aromatic heterocycles. The van der Waals surface area contributed by atoms with Crippen molar-refractivity contribution in [3.63, 3.8) is 0 Å². The lowest BCUT2D eigenvalue weighted by atomic mass is 10.1. The van der Waals surface area contributed by atoms with Gasteiger partial charge in [0.05, 0.1) is 20.1 Å². The molecule has 0 unspecified atom stereocenters. The Labute approximate surface area is 160 Å². The zero-order chi connectivity index (χ0) is 16.4. The number of halogens is 1. The quantitative estimate of drug-likeness (QED) is 0.220. The van der Waals surface area contributed by atoms with Crippen molar-refractivity contribution in [2.24, 2.45) is 4.99 Å². The molecule has 130 valence electrons. The molecule has 0 atom stereocenters. The number of carbonyl (C=O) groups is 1. The van der Waals surface area contributed by atoms with E-state index in [-0.39, 0.29) is 29.9 Å². The fourth-order valence-electron chi connectivity index (χ4n) is 1.87. The lowest BCUT2D eigenvalue weighted by Gasteiger charge is -2.12. The van der Waals surface area contributed by atoms with E-state index >= 15 is 0 Å². The third kappa shape index (κ3) is 8.45. The molecule has 1 rings (SSSR count). The maximum Gasteiger partial charge on any atom is 0.307 e. The van der Waals surface area contributed by atoms with Crippen LogP contribution in [0.15, 0.2) is 28.1 Å². The number of hydrogen-bond acceptors (Lipinski definition) is 4. The van der Waals surface area contributed by atoms with Crippen LogP contribution in [-0.2, 0) is 16.1 Å². The molecule has 0 aliphatic heterocycles. The van der Waals surface area contributed by atoms with Gasteiger partial charge in [-0.3, -0.25) is 4.79 Å². The number of thioether (sulfide) groups is 1. The van der Waals surface area contributed by atoms with Gasteiger partial charge in [0, 0.05) is 18.0 Å². The Kier molecular flexibility index (Phi) is 11.9. The Hall–Kier alpha value is -0.960. The zero-order valence-corrected chi connectivity index (χ0v) is 17.3. The second-order valence-electron chi connectivity index (χ2n) is 4.76. The molecule has 23 heavy (non-hydrogen) atoms. The number of rotatable bonds is 7. The number of guanidine groups is 1. The molecule has 7 heteroatoms. The highest BCUT2D eigenvalue weighted by molar-refractivity contribution is 14.0. The van der Waals surface area contributed by atoms with E-state index in [1.54, 1.807) is 11.8 Å². The molecule has 0 aliphatic carbocycles. The lowest BCUT2D eigenvalue weighted by Crippen LogP contribution is -2.38. The topological polar surface area (TPSA) is 62.7 Å². The molecule has 2 N–H and O–H groups in total. The molecule has 1 aromatic rings. The summed E-state index contributed by atoms with van der Waals surface area (Å²) in [5.74, 6) is 0.477. The number of hydrogen-bond donors (Lipinski definition) is 2. The molecule has 0 amide bonds. The number of aliphatic imine (C=N–C) groups is 1. The maximum atomic E-state index is 11.1. The average Bonchev–Trinajstić information content (AvgIpc) is 2.52. The molecule has 0 radical (unpaired) electrons. The fraction of sp³-hybridized carbons (Fsp3) is 0.500. The van der Waals surface area contributed by atoms with Crippen molar-refractivity contribution >= 4 is 47.7 Å². The van der Waals surface area contributed by atoms with Crippen LogP contribution in [0.3, 0.4) is 0 Å². The van der Waals surface area contributed by atoms with Crippen molar-refractivity contribution < 1.29 is 9.53 Å². The Balaban J connectivity index is 0.00000484. The second-order valence-corrected chi connectivity index (χ2v) is 5.61. The van der Waals surface area contributed by atoms with E-state index in [0.29, 0.717) is 25.5 Å². The fourth-order valence-corrected chi connectivity index (χ4v) is 2.57. The van der Waals surface area contributed by atoms with Gasteiger partial charge in [-0.05, 0) is 37.3 Å². The summed E-state index contributed by atoms with van der Waals surface area (Å²) in [6.07, 6.45) is 2.39. The lowest BCUT2D eigenvalue weighted by molar-refractivity contribution is -0.140. The van der Waals surface area contributed by atoms with Crippen LogP contribution < -0.4 is 10.6 Å². The van der Waals surface area contributed by atoms with Crippen LogP contribution in [0.1, 0.15) is 24.5 Å². The molecular weight excluding hydrogens is 425 g/mol. The number of nitrogens with one attached hydrogen (secondary N) is 2. The number of methoxy groups -OCH3 is 1. The minimum absolute atomic E-state index is 0. The molecular formula is C16H26IN3O2S. The van der Waals surface area contributed by atoms with Gasteiger partial charge in [0.25, 0.3) is 0 Å². The number of aryl methyl sites for hydroxylation is 1. The van der Waals surface area contributed by atoms with Crippen LogP contribution in [0.4, 0.5) is 0 Å². The summed E-state index contributed by atoms with van der Waals surface area (Å²) in [4.78, 5) is 16.9. The van der Waals surface area contributed by atoms with Crippen LogP contribution in [-0.4, -0.2) is 38.4 Å². The van der Waals surface area contributed by atoms with E-state index in [1.807, 2.05) is 6.92 Å². The van der Waals surface area contributed by atoms with E-state index in [2.05, 4.69) is 51.7 Å². The Morgan fingerprint density at radius 3 is 2.70 bits per heavy atom. The largest absolute Gasteiger partial charge is 0.469 e. The molecule has 0 fully saturated rings. The normalized spacial score (nSPS) is 10.7. The summed E-state index contributed by atoms with van der Waals surface area (Å²) >= 11 is 1.73. The van der Waals surface area contributed by atoms with E-state index in [0.717, 1.165) is 6.54 Å². The SMILES string of the molecule is CCNC(=NCc1ccc(C)cc1SC)NCCC(=O)OC.I. The van der Waals surface area contributed by atoms with Gasteiger partial charge in [0.1, 0.15) is 0 Å². The van der Waals surface area contributed by atoms with Crippen molar-refractivity contribution in [2.75, 3.05) is 26.5 Å². The van der Waals surface area contributed by atoms with Gasteiger partial charge in [-0.1, -0.05) is 12.1 Å². The Morgan fingerprint density at radius 2 is 2.09 bits per heavy atom. The monoisotopic (exact) mass is 451 g/mol. The van der Waals surface area contributed by atoms with Crippen LogP contribution in [0.2, 0.25) is 0 Å². The van der Waals surface area contributed by atoms with Crippen molar-refractivity contribution in [1.82, 2.24) is 10.6 Å². The third-order valence-corrected chi connectivity index (χ3v) is 3.86. The highest BCUT2D eigenvalue weighted by Crippen LogP contribution is 2.22. The highest BCUT2D eigenvalue weighted by Gasteiger charge is 2.04. The van der Waals surface area contributed by atoms with Crippen molar-refractivity contribution in [3.05, 3.63) is 29.3 Å². The van der Waals surface area contributed by atoms with Crippen LogP contribution >= 0.6 is 35.7 Å². The van der Waals surface area contributed by atoms with Crippen molar-refractivity contribution in [1.29, 1.82) is 0 Å². The molecule has 0 aliphatic rings. The first-order chi connectivity index (χ1) is 10.6. The molecule has 0 saturated heterocycles. The Bertz CT molecular complexity index is 524. The summed E-state index contributed by atoms with van der Waals surface area (Å²) in [5.41, 5.74) is 2.45. The predicted molar refractivity (Wildman–Crippen MR) is 108 cm³/mol. The second kappa shape index (κ2) is 12.5. The first-order valence-electron chi connectivity index (χ1n) is 7.33. The summed E-state index contributed by atoms with van der Waals surface area (Å²) in [6, 6.07) is 6.39. The predicted octanol–water partition coefficient (Wildman–Crippen LogP) is 2.95. The minimum Gasteiger partial charge on any atom is -0.469 e. The van der Waals surface area contributed by atoms with Crippen LogP contribution in [0.5, 0.6) is 0 Å². The number of ether oxygens (including phenoxy) is 1. The first kappa shape index (κ1) is 22.0. The average molecular weight is 451 g/mol. The molecule has 0 bridgehead atoms. The maximum absolute atomic E-state index is 11.1. The van der Waals surface area contributed by atoms with Gasteiger partial charge in [0.15, 0.2) is 5.96 Å². The van der Waals surface area contributed by atoms with E-state index in [4.69, 9.17) is 0 Å². The molecule has 0 saturated carbocycles. The molecule has 0 spiro atoms. The van der Waals surface area contributed by atoms with Gasteiger partial charge in [0.2, 0.25) is 0 Å².